The summed E-state index contributed by atoms with van der Waals surface area (Å²) in [5.74, 6) is -5.88. The zero-order chi connectivity index (χ0) is 36.9. The largest absolute Gasteiger partial charge is 0.428 e. The first kappa shape index (κ1) is 40.4. The van der Waals surface area contributed by atoms with Gasteiger partial charge in [0.15, 0.2) is 0 Å². The molecule has 0 spiro atoms. The van der Waals surface area contributed by atoms with Crippen molar-refractivity contribution in [1.29, 1.82) is 0 Å². The first-order chi connectivity index (χ1) is 22.2. The molecular formula is C24H6F18O6. The molecule has 2 aromatic rings. The highest BCUT2D eigenvalue weighted by molar-refractivity contribution is 5.44. The Morgan fingerprint density at radius 2 is 0.333 bits per heavy atom. The van der Waals surface area contributed by atoms with Crippen LogP contribution in [0.15, 0.2) is 109 Å². The number of rotatable bonds is 12. The average molecular weight is 732 g/mol. The first-order valence-electron chi connectivity index (χ1n) is 10.8. The zero-order valence-corrected chi connectivity index (χ0v) is 21.7. The minimum absolute atomic E-state index is 0.422. The van der Waals surface area contributed by atoms with E-state index in [0.29, 0.717) is 36.4 Å². The van der Waals surface area contributed by atoms with Gasteiger partial charge in [0.1, 0.15) is 34.5 Å². The van der Waals surface area contributed by atoms with E-state index in [9.17, 15) is 79.0 Å². The molecular weight excluding hydrogens is 726 g/mol. The molecule has 0 radical (unpaired) electrons. The van der Waals surface area contributed by atoms with Gasteiger partial charge in [0.25, 0.3) is 0 Å². The van der Waals surface area contributed by atoms with Gasteiger partial charge >= 0.3 is 72.6 Å². The van der Waals surface area contributed by atoms with Crippen LogP contribution in [0.3, 0.4) is 0 Å². The summed E-state index contributed by atoms with van der Waals surface area (Å²) in [4.78, 5) is 0. The van der Waals surface area contributed by atoms with Crippen LogP contribution in [0.25, 0.3) is 0 Å². The molecule has 0 saturated carbocycles. The van der Waals surface area contributed by atoms with Crippen LogP contribution in [-0.2, 0) is 0 Å². The van der Waals surface area contributed by atoms with Crippen LogP contribution in [0.2, 0.25) is 0 Å². The maximum Gasteiger partial charge on any atom is 0.344 e. The molecule has 0 bridgehead atoms. The van der Waals surface area contributed by atoms with Gasteiger partial charge in [-0.25, -0.2) is 0 Å². The van der Waals surface area contributed by atoms with Crippen LogP contribution in [-0.4, -0.2) is 0 Å². The highest BCUT2D eigenvalue weighted by atomic mass is 19.3. The van der Waals surface area contributed by atoms with Crippen LogP contribution in [0.5, 0.6) is 34.5 Å². The summed E-state index contributed by atoms with van der Waals surface area (Å²) < 4.78 is 243. The Hall–Kier alpha value is -5.58. The molecule has 24 heteroatoms. The molecule has 0 aliphatic heterocycles. The van der Waals surface area contributed by atoms with Crippen molar-refractivity contribution in [1.82, 2.24) is 0 Å². The minimum atomic E-state index is -2.93. The van der Waals surface area contributed by atoms with E-state index in [4.69, 9.17) is 0 Å². The van der Waals surface area contributed by atoms with Crippen molar-refractivity contribution < 1.29 is 107 Å². The lowest BCUT2D eigenvalue weighted by molar-refractivity contribution is 0.224. The second-order valence-electron chi connectivity index (χ2n) is 7.10. The van der Waals surface area contributed by atoms with Crippen molar-refractivity contribution in [3.63, 3.8) is 0 Å². The zero-order valence-electron chi connectivity index (χ0n) is 21.7. The molecule has 2 rings (SSSR count). The SMILES string of the molecule is FC(F)=C(F)Oc1cc(OC(F)=C(F)F)cc(OC(F)=C(F)F)c1.FC(F)=C(F)Oc1cc(OC(F)=C(F)F)cc(OC(F)=C(F)F)c1. The Balaban J connectivity index is 0.000000480. The summed E-state index contributed by atoms with van der Waals surface area (Å²) in [6.07, 6.45) is -17.6. The van der Waals surface area contributed by atoms with E-state index in [1.807, 2.05) is 0 Å². The van der Waals surface area contributed by atoms with E-state index in [0.717, 1.165) is 0 Å². The summed E-state index contributed by atoms with van der Waals surface area (Å²) in [6.45, 7) is 0. The average Bonchev–Trinajstić information content (AvgIpc) is 2.96. The third-order valence-corrected chi connectivity index (χ3v) is 3.84. The normalized spacial score (nSPS) is 9.88. The summed E-state index contributed by atoms with van der Waals surface area (Å²) in [6, 6.07) is -12.1. The van der Waals surface area contributed by atoms with E-state index >= 15 is 0 Å². The van der Waals surface area contributed by atoms with Crippen LogP contribution in [0.4, 0.5) is 79.0 Å². The Morgan fingerprint density at radius 1 is 0.229 bits per heavy atom. The fourth-order valence-electron chi connectivity index (χ4n) is 2.30. The van der Waals surface area contributed by atoms with Gasteiger partial charge in [-0.05, 0) is 0 Å². The van der Waals surface area contributed by atoms with Gasteiger partial charge in [-0.2, -0.15) is 79.0 Å². The molecule has 0 aliphatic carbocycles. The summed E-state index contributed by atoms with van der Waals surface area (Å²) in [5, 5.41) is 0. The third-order valence-electron chi connectivity index (χ3n) is 3.84. The fraction of sp³-hybridized carbons (Fsp3) is 0. The molecule has 264 valence electrons. The lowest BCUT2D eigenvalue weighted by atomic mass is 10.3. The van der Waals surface area contributed by atoms with Crippen molar-refractivity contribution in [2.75, 3.05) is 0 Å². The standard InChI is InChI=1S/2C12H3F9O3/c2*13-7(14)10(19)22-4-1-5(23-11(20)8(15)16)3-6(2-4)24-12(21)9(17)18/h2*1-3H. The number of hydrogen-bond acceptors (Lipinski definition) is 6. The molecule has 0 aliphatic rings. The first-order valence-corrected chi connectivity index (χ1v) is 10.8. The monoisotopic (exact) mass is 732 g/mol. The number of hydrogen-bond donors (Lipinski definition) is 0. The molecule has 6 nitrogen and oxygen atoms in total. The quantitative estimate of drug-likeness (QED) is 0.160. The van der Waals surface area contributed by atoms with Crippen LogP contribution in [0.1, 0.15) is 0 Å². The molecule has 0 atom stereocenters. The molecule has 48 heavy (non-hydrogen) atoms. The molecule has 0 unspecified atom stereocenters. The molecule has 0 heterocycles. The molecule has 2 aromatic carbocycles. The van der Waals surface area contributed by atoms with Crippen molar-refractivity contribution in [3.05, 3.63) is 109 Å². The molecule has 0 aromatic heterocycles. The van der Waals surface area contributed by atoms with Gasteiger partial charge in [0, 0.05) is 36.4 Å². The number of ether oxygens (including phenoxy) is 6. The van der Waals surface area contributed by atoms with E-state index in [-0.39, 0.29) is 0 Å². The number of halogens is 18. The van der Waals surface area contributed by atoms with E-state index in [2.05, 4.69) is 28.4 Å². The lowest BCUT2D eigenvalue weighted by Gasteiger charge is -2.09. The Bertz CT molecular complexity index is 1310. The topological polar surface area (TPSA) is 55.4 Å². The van der Waals surface area contributed by atoms with E-state index in [1.165, 1.54) is 0 Å². The Kier molecular flexibility index (Phi) is 15.6. The second-order valence-corrected chi connectivity index (χ2v) is 7.10. The van der Waals surface area contributed by atoms with Gasteiger partial charge in [0.2, 0.25) is 0 Å². The lowest BCUT2D eigenvalue weighted by Crippen LogP contribution is -1.97. The van der Waals surface area contributed by atoms with Crippen molar-refractivity contribution >= 4 is 0 Å². The van der Waals surface area contributed by atoms with Crippen LogP contribution in [0, 0.1) is 0 Å². The van der Waals surface area contributed by atoms with E-state index in [1.54, 1.807) is 0 Å². The fourth-order valence-corrected chi connectivity index (χ4v) is 2.30. The smallest absolute Gasteiger partial charge is 0.344 e. The number of benzene rings is 2. The summed E-state index contributed by atoms with van der Waals surface area (Å²) >= 11 is 0. The van der Waals surface area contributed by atoms with E-state index < -0.39 is 107 Å². The van der Waals surface area contributed by atoms with Crippen molar-refractivity contribution in [3.8, 4) is 34.5 Å². The van der Waals surface area contributed by atoms with Gasteiger partial charge in [-0.1, -0.05) is 0 Å². The summed E-state index contributed by atoms with van der Waals surface area (Å²) in [7, 11) is 0. The van der Waals surface area contributed by atoms with Gasteiger partial charge in [-0.15, -0.1) is 0 Å². The molecule has 0 amide bonds. The summed E-state index contributed by atoms with van der Waals surface area (Å²) in [5.41, 5.74) is 0. The van der Waals surface area contributed by atoms with Gasteiger partial charge in [-0.3, -0.25) is 0 Å². The third kappa shape index (κ3) is 14.2. The predicted octanol–water partition coefficient (Wildman–Crippen LogP) is 11.9. The Morgan fingerprint density at radius 3 is 0.417 bits per heavy atom. The van der Waals surface area contributed by atoms with Crippen LogP contribution < -0.4 is 28.4 Å². The predicted molar refractivity (Wildman–Crippen MR) is 119 cm³/mol. The molecule has 0 saturated heterocycles. The van der Waals surface area contributed by atoms with Gasteiger partial charge in [0.05, 0.1) is 0 Å². The maximum absolute atomic E-state index is 12.7. The Labute approximate surface area is 251 Å². The second kappa shape index (κ2) is 18.5. The van der Waals surface area contributed by atoms with Gasteiger partial charge < -0.3 is 28.4 Å². The van der Waals surface area contributed by atoms with Crippen LogP contribution >= 0.6 is 0 Å². The van der Waals surface area contributed by atoms with Crippen molar-refractivity contribution in [2.24, 2.45) is 0 Å². The highest BCUT2D eigenvalue weighted by Crippen LogP contribution is 2.34. The highest BCUT2D eigenvalue weighted by Gasteiger charge is 2.18. The maximum atomic E-state index is 12.7. The van der Waals surface area contributed by atoms with Crippen molar-refractivity contribution in [2.45, 2.75) is 0 Å². The molecule has 0 N–H and O–H groups in total. The minimum Gasteiger partial charge on any atom is -0.428 e. The molecule has 0 fully saturated rings.